The molecule has 4 aliphatic rings. The predicted molar refractivity (Wildman–Crippen MR) is 72.4 cm³/mol. The Morgan fingerprint density at radius 3 is 2.47 bits per heavy atom. The summed E-state index contributed by atoms with van der Waals surface area (Å²) in [6.45, 7) is 7.27. The van der Waals surface area contributed by atoms with Crippen LogP contribution in [0.4, 0.5) is 0 Å². The smallest absolute Gasteiger partial charge is 0.174 e. The van der Waals surface area contributed by atoms with Crippen LogP contribution < -0.4 is 0 Å². The largest absolute Gasteiger partial charge is 0.508 e. The molecule has 2 N–H and O–H groups in total. The zero-order valence-electron chi connectivity index (χ0n) is 11.8. The number of hydrogen-bond acceptors (Lipinski definition) is 3. The van der Waals surface area contributed by atoms with Gasteiger partial charge in [-0.25, -0.2) is 0 Å². The van der Waals surface area contributed by atoms with Gasteiger partial charge < -0.3 is 10.2 Å². The number of allylic oxidation sites excluding steroid dienone is 4. The highest BCUT2D eigenvalue weighted by Gasteiger charge is 2.63. The standard InChI is InChI=1S/C16H20O3/c1-8-7-11-12(9(2)13(8)17)10-5-6-15(11,3)14(18)16(10,4)19/h5-7,10-12,17,19H,1-4H3/t10-,11-,12-,15+,16-/m1/s1. The van der Waals surface area contributed by atoms with Crippen LogP contribution in [0.2, 0.25) is 0 Å². The first kappa shape index (κ1) is 12.7. The Bertz CT molecular complexity index is 565. The van der Waals surface area contributed by atoms with E-state index in [1.165, 1.54) is 0 Å². The highest BCUT2D eigenvalue weighted by atomic mass is 16.3. The van der Waals surface area contributed by atoms with E-state index in [4.69, 9.17) is 0 Å². The van der Waals surface area contributed by atoms with E-state index in [9.17, 15) is 15.0 Å². The predicted octanol–water partition coefficient (Wildman–Crippen LogP) is 2.54. The normalized spacial score (nSPS) is 48.4. The molecule has 4 aliphatic carbocycles. The Morgan fingerprint density at radius 1 is 1.21 bits per heavy atom. The number of ketones is 1. The highest BCUT2D eigenvalue weighted by Crippen LogP contribution is 2.58. The summed E-state index contributed by atoms with van der Waals surface area (Å²) in [5.41, 5.74) is -0.302. The minimum atomic E-state index is -1.34. The van der Waals surface area contributed by atoms with Gasteiger partial charge in [0.05, 0.1) is 5.41 Å². The Hall–Kier alpha value is -1.35. The van der Waals surface area contributed by atoms with Gasteiger partial charge in [0.15, 0.2) is 5.78 Å². The second-order valence-electron chi connectivity index (χ2n) is 6.58. The van der Waals surface area contributed by atoms with E-state index in [0.717, 1.165) is 11.1 Å². The zero-order valence-corrected chi connectivity index (χ0v) is 11.8. The molecule has 1 saturated carbocycles. The summed E-state index contributed by atoms with van der Waals surface area (Å²) in [5.74, 6) is -0.00288. The second-order valence-corrected chi connectivity index (χ2v) is 6.58. The average Bonchev–Trinajstić information content (AvgIpc) is 2.34. The third kappa shape index (κ3) is 1.29. The molecule has 0 amide bonds. The molecule has 3 heteroatoms. The number of aliphatic hydroxyl groups is 2. The summed E-state index contributed by atoms with van der Waals surface area (Å²) in [5, 5.41) is 20.7. The lowest BCUT2D eigenvalue weighted by molar-refractivity contribution is -0.163. The monoisotopic (exact) mass is 260 g/mol. The number of rotatable bonds is 0. The van der Waals surface area contributed by atoms with Crippen molar-refractivity contribution in [2.45, 2.75) is 33.3 Å². The quantitative estimate of drug-likeness (QED) is 0.658. The lowest BCUT2D eigenvalue weighted by Gasteiger charge is -2.56. The van der Waals surface area contributed by atoms with E-state index >= 15 is 0 Å². The van der Waals surface area contributed by atoms with E-state index in [0.29, 0.717) is 5.76 Å². The van der Waals surface area contributed by atoms with Crippen LogP contribution in [0, 0.1) is 23.2 Å². The second kappa shape index (κ2) is 3.40. The molecule has 2 bridgehead atoms. The third-order valence-electron chi connectivity index (χ3n) is 5.39. The molecule has 0 saturated heterocycles. The van der Waals surface area contributed by atoms with Gasteiger partial charge in [-0.15, -0.1) is 0 Å². The van der Waals surface area contributed by atoms with Crippen LogP contribution in [-0.4, -0.2) is 21.6 Å². The molecule has 0 spiro atoms. The van der Waals surface area contributed by atoms with Crippen molar-refractivity contribution in [2.75, 3.05) is 0 Å². The van der Waals surface area contributed by atoms with Gasteiger partial charge in [-0.1, -0.05) is 18.2 Å². The Balaban J connectivity index is 2.24. The first-order chi connectivity index (χ1) is 8.71. The summed E-state index contributed by atoms with van der Waals surface area (Å²) < 4.78 is 0. The van der Waals surface area contributed by atoms with Gasteiger partial charge in [-0.05, 0) is 38.8 Å². The molecule has 0 heterocycles. The van der Waals surface area contributed by atoms with Crippen molar-refractivity contribution in [1.29, 1.82) is 0 Å². The maximum absolute atomic E-state index is 12.6. The molecular formula is C16H20O3. The molecule has 0 aliphatic heterocycles. The van der Waals surface area contributed by atoms with Gasteiger partial charge in [0.25, 0.3) is 0 Å². The van der Waals surface area contributed by atoms with Crippen molar-refractivity contribution >= 4 is 5.78 Å². The average molecular weight is 260 g/mol. The molecule has 3 nitrogen and oxygen atoms in total. The molecule has 0 aromatic rings. The molecule has 4 rings (SSSR count). The number of fused-ring (bicyclic) bond motifs is 1. The van der Waals surface area contributed by atoms with Crippen LogP contribution in [0.1, 0.15) is 27.7 Å². The van der Waals surface area contributed by atoms with Gasteiger partial charge in [0.2, 0.25) is 0 Å². The van der Waals surface area contributed by atoms with Crippen LogP contribution in [0.3, 0.4) is 0 Å². The summed E-state index contributed by atoms with van der Waals surface area (Å²) in [6.07, 6.45) is 5.89. The SMILES string of the molecule is CC1=C[C@@H]2[C@H](C(C)=C1O)[C@H]1C=C[C@]2(C)C(=O)[C@]1(C)O. The fraction of sp³-hybridized carbons (Fsp3) is 0.562. The fourth-order valence-electron chi connectivity index (χ4n) is 4.22. The Morgan fingerprint density at radius 2 is 1.84 bits per heavy atom. The van der Waals surface area contributed by atoms with Crippen molar-refractivity contribution in [3.63, 3.8) is 0 Å². The van der Waals surface area contributed by atoms with Gasteiger partial charge in [-0.3, -0.25) is 4.79 Å². The molecule has 0 unspecified atom stereocenters. The van der Waals surface area contributed by atoms with E-state index in [1.807, 2.05) is 39.0 Å². The van der Waals surface area contributed by atoms with Gasteiger partial charge in [-0.2, -0.15) is 0 Å². The van der Waals surface area contributed by atoms with Crippen molar-refractivity contribution in [3.05, 3.63) is 35.1 Å². The molecule has 0 aromatic carbocycles. The van der Waals surface area contributed by atoms with Crippen LogP contribution in [0.5, 0.6) is 0 Å². The third-order valence-corrected chi connectivity index (χ3v) is 5.39. The van der Waals surface area contributed by atoms with E-state index < -0.39 is 11.0 Å². The molecule has 0 aromatic heterocycles. The summed E-state index contributed by atoms with van der Waals surface area (Å²) in [6, 6.07) is 0. The summed E-state index contributed by atoms with van der Waals surface area (Å²) in [7, 11) is 0. The number of aliphatic hydroxyl groups excluding tert-OH is 1. The Labute approximate surface area is 113 Å². The summed E-state index contributed by atoms with van der Waals surface area (Å²) in [4.78, 5) is 12.6. The van der Waals surface area contributed by atoms with Crippen LogP contribution in [0.25, 0.3) is 0 Å². The van der Waals surface area contributed by atoms with Gasteiger partial charge >= 0.3 is 0 Å². The number of carbonyl (C=O) groups is 1. The topological polar surface area (TPSA) is 57.5 Å². The Kier molecular flexibility index (Phi) is 2.27. The molecule has 102 valence electrons. The maximum Gasteiger partial charge on any atom is 0.174 e. The van der Waals surface area contributed by atoms with Crippen molar-refractivity contribution in [3.8, 4) is 0 Å². The maximum atomic E-state index is 12.6. The van der Waals surface area contributed by atoms with Crippen LogP contribution >= 0.6 is 0 Å². The first-order valence-electron chi connectivity index (χ1n) is 6.76. The molecular weight excluding hydrogens is 240 g/mol. The molecule has 0 radical (unpaired) electrons. The lowest BCUT2D eigenvalue weighted by atomic mass is 9.47. The van der Waals surface area contributed by atoms with Crippen LogP contribution in [0.15, 0.2) is 35.1 Å². The minimum Gasteiger partial charge on any atom is -0.508 e. The fourth-order valence-corrected chi connectivity index (χ4v) is 4.22. The highest BCUT2D eigenvalue weighted by molar-refractivity contribution is 5.97. The number of hydrogen-bond donors (Lipinski definition) is 2. The number of Topliss-reactive ketones (excluding diaryl/α,β-unsaturated/α-hetero) is 1. The van der Waals surface area contributed by atoms with E-state index in [1.54, 1.807) is 6.92 Å². The molecule has 5 atom stereocenters. The van der Waals surface area contributed by atoms with Crippen LogP contribution in [-0.2, 0) is 4.79 Å². The lowest BCUT2D eigenvalue weighted by Crippen LogP contribution is -2.64. The first-order valence-corrected chi connectivity index (χ1v) is 6.76. The minimum absolute atomic E-state index is 0.00593. The zero-order chi connectivity index (χ0) is 14.2. The van der Waals surface area contributed by atoms with Crippen molar-refractivity contribution in [2.24, 2.45) is 23.2 Å². The number of carbonyl (C=O) groups excluding carboxylic acids is 1. The van der Waals surface area contributed by atoms with E-state index in [-0.39, 0.29) is 23.5 Å². The van der Waals surface area contributed by atoms with Crippen molar-refractivity contribution in [1.82, 2.24) is 0 Å². The summed E-state index contributed by atoms with van der Waals surface area (Å²) >= 11 is 0. The molecule has 19 heavy (non-hydrogen) atoms. The molecule has 1 fully saturated rings. The van der Waals surface area contributed by atoms with E-state index in [2.05, 4.69) is 0 Å². The van der Waals surface area contributed by atoms with Gasteiger partial charge in [0, 0.05) is 17.8 Å². The van der Waals surface area contributed by atoms with Gasteiger partial charge in [0.1, 0.15) is 11.4 Å². The van der Waals surface area contributed by atoms with Crippen molar-refractivity contribution < 1.29 is 15.0 Å².